The molecule has 0 saturated heterocycles. The summed E-state index contributed by atoms with van der Waals surface area (Å²) in [6.45, 7) is 1.58. The van der Waals surface area contributed by atoms with Gasteiger partial charge in [0, 0.05) is 20.1 Å². The predicted octanol–water partition coefficient (Wildman–Crippen LogP) is 3.70. The molecule has 1 unspecified atom stereocenters. The van der Waals surface area contributed by atoms with E-state index in [1.165, 1.54) is 42.5 Å². The molecular weight excluding hydrogens is 608 g/mol. The van der Waals surface area contributed by atoms with Crippen molar-refractivity contribution in [2.45, 2.75) is 12.8 Å². The number of carbonyl (C=O) groups is 1. The van der Waals surface area contributed by atoms with Crippen molar-refractivity contribution in [2.24, 2.45) is 5.73 Å². The van der Waals surface area contributed by atoms with E-state index in [0.717, 1.165) is 15.9 Å². The van der Waals surface area contributed by atoms with E-state index in [1.54, 1.807) is 6.92 Å². The molecule has 4 rings (SSSR count). The van der Waals surface area contributed by atoms with Crippen LogP contribution in [0.25, 0.3) is 17.5 Å². The van der Waals surface area contributed by atoms with Crippen molar-refractivity contribution in [3.05, 3.63) is 93.2 Å². The number of nitrogens with zero attached hydrogens (tertiary/aromatic N) is 2. The Morgan fingerprint density at radius 3 is 2.54 bits per heavy atom. The molecule has 0 fully saturated rings. The standard InChI is InChI=1S/C24H15Br2F2N3O3S/c1-2-34-24(33)20-19(14-9-13(26)4-6-17(14)28)15(10-29)23-31(21(20)30)22(32)18(35-23)8-11-7-12(25)3-5-16(11)27/h3-9,19H,2,30H2,1H3. The van der Waals surface area contributed by atoms with Crippen molar-refractivity contribution in [3.8, 4) is 6.07 Å². The molecule has 35 heavy (non-hydrogen) atoms. The molecule has 1 atom stereocenters. The summed E-state index contributed by atoms with van der Waals surface area (Å²) in [6.07, 6.45) is 1.33. The van der Waals surface area contributed by atoms with Crippen LogP contribution in [-0.4, -0.2) is 17.1 Å². The lowest BCUT2D eigenvalue weighted by Gasteiger charge is -2.25. The third-order valence-electron chi connectivity index (χ3n) is 5.28. The third-order valence-corrected chi connectivity index (χ3v) is 7.37. The van der Waals surface area contributed by atoms with Crippen molar-refractivity contribution in [1.29, 1.82) is 5.26 Å². The van der Waals surface area contributed by atoms with Gasteiger partial charge in [0.1, 0.15) is 22.1 Å². The first-order chi connectivity index (χ1) is 16.7. The highest BCUT2D eigenvalue weighted by molar-refractivity contribution is 9.10. The van der Waals surface area contributed by atoms with Crippen molar-refractivity contribution >= 4 is 66.6 Å². The molecule has 6 nitrogen and oxygen atoms in total. The number of esters is 1. The molecule has 1 aliphatic rings. The number of nitriles is 1. The Morgan fingerprint density at radius 2 is 1.89 bits per heavy atom. The Morgan fingerprint density at radius 1 is 1.23 bits per heavy atom. The van der Waals surface area contributed by atoms with Crippen LogP contribution in [0.1, 0.15) is 24.0 Å². The summed E-state index contributed by atoms with van der Waals surface area (Å²) in [5.41, 5.74) is 5.52. The number of halogens is 4. The highest BCUT2D eigenvalue weighted by Gasteiger charge is 2.38. The first kappa shape index (κ1) is 25.0. The van der Waals surface area contributed by atoms with Gasteiger partial charge < -0.3 is 10.5 Å². The summed E-state index contributed by atoms with van der Waals surface area (Å²) in [4.78, 5) is 26.3. The number of rotatable bonds is 4. The van der Waals surface area contributed by atoms with E-state index >= 15 is 0 Å². The summed E-state index contributed by atoms with van der Waals surface area (Å²) in [6, 6.07) is 10.4. The molecule has 1 aliphatic heterocycles. The van der Waals surface area contributed by atoms with Gasteiger partial charge in [0.2, 0.25) is 0 Å². The Balaban J connectivity index is 2.12. The van der Waals surface area contributed by atoms with E-state index in [9.17, 15) is 23.6 Å². The number of nitrogens with two attached hydrogens (primary N) is 1. The number of hydrogen-bond acceptors (Lipinski definition) is 6. The van der Waals surface area contributed by atoms with Gasteiger partial charge >= 0.3 is 5.97 Å². The van der Waals surface area contributed by atoms with Gasteiger partial charge in [-0.2, -0.15) is 5.26 Å². The monoisotopic (exact) mass is 621 g/mol. The zero-order chi connectivity index (χ0) is 25.4. The summed E-state index contributed by atoms with van der Waals surface area (Å²) < 4.78 is 36.8. The molecule has 11 heteroatoms. The molecule has 2 N–H and O–H groups in total. The van der Waals surface area contributed by atoms with E-state index in [1.807, 2.05) is 6.07 Å². The van der Waals surface area contributed by atoms with Crippen molar-refractivity contribution in [1.82, 2.24) is 4.57 Å². The number of hydrogen-bond donors (Lipinski definition) is 1. The zero-order valence-corrected chi connectivity index (χ0v) is 21.9. The molecule has 3 aromatic rings. The molecule has 0 aliphatic carbocycles. The normalized spacial score (nSPS) is 15.7. The zero-order valence-electron chi connectivity index (χ0n) is 17.9. The molecule has 0 bridgehead atoms. The summed E-state index contributed by atoms with van der Waals surface area (Å²) in [5, 5.41) is 10.1. The van der Waals surface area contributed by atoms with Crippen LogP contribution in [0.15, 0.2) is 55.7 Å². The lowest BCUT2D eigenvalue weighted by Crippen LogP contribution is -2.40. The number of ether oxygens (including phenoxy) is 1. The van der Waals surface area contributed by atoms with Crippen molar-refractivity contribution in [2.75, 3.05) is 6.61 Å². The van der Waals surface area contributed by atoms with Gasteiger partial charge in [-0.3, -0.25) is 9.36 Å². The predicted molar refractivity (Wildman–Crippen MR) is 135 cm³/mol. The first-order valence-corrected chi connectivity index (χ1v) is 12.5. The van der Waals surface area contributed by atoms with Gasteiger partial charge in [0.15, 0.2) is 0 Å². The van der Waals surface area contributed by atoms with Crippen molar-refractivity contribution in [3.63, 3.8) is 0 Å². The van der Waals surface area contributed by atoms with Gasteiger partial charge in [0.05, 0.1) is 34.3 Å². The first-order valence-electron chi connectivity index (χ1n) is 10.1. The Bertz CT molecular complexity index is 1640. The fraction of sp³-hybridized carbons (Fsp3) is 0.125. The molecular formula is C24H15Br2F2N3O3S. The molecule has 0 saturated carbocycles. The topological polar surface area (TPSA) is 98.1 Å². The molecule has 2 heterocycles. The lowest BCUT2D eigenvalue weighted by molar-refractivity contribution is -0.138. The highest BCUT2D eigenvalue weighted by Crippen LogP contribution is 2.38. The number of benzene rings is 2. The van der Waals surface area contributed by atoms with Crippen LogP contribution < -0.4 is 20.5 Å². The smallest absolute Gasteiger partial charge is 0.338 e. The van der Waals surface area contributed by atoms with Crippen LogP contribution in [0.4, 0.5) is 8.78 Å². The molecule has 0 spiro atoms. The SMILES string of the molecule is CCOC(=O)C1=C(N)n2c(sc(=Cc3cc(Br)ccc3F)c2=O)=C(C#N)C1c1cc(Br)ccc1F. The maximum Gasteiger partial charge on any atom is 0.338 e. The van der Waals surface area contributed by atoms with E-state index in [4.69, 9.17) is 10.5 Å². The largest absolute Gasteiger partial charge is 0.463 e. The van der Waals surface area contributed by atoms with Gasteiger partial charge in [-0.15, -0.1) is 11.3 Å². The average Bonchev–Trinajstić information content (AvgIpc) is 3.14. The van der Waals surface area contributed by atoms with Crippen LogP contribution in [0.5, 0.6) is 0 Å². The minimum Gasteiger partial charge on any atom is -0.463 e. The maximum absolute atomic E-state index is 15.0. The van der Waals surface area contributed by atoms with Gasteiger partial charge in [-0.05, 0) is 49.4 Å². The van der Waals surface area contributed by atoms with Crippen LogP contribution >= 0.6 is 43.2 Å². The van der Waals surface area contributed by atoms with Gasteiger partial charge in [-0.1, -0.05) is 31.9 Å². The van der Waals surface area contributed by atoms with E-state index < -0.39 is 29.1 Å². The lowest BCUT2D eigenvalue weighted by atomic mass is 9.83. The fourth-order valence-electron chi connectivity index (χ4n) is 3.77. The van der Waals surface area contributed by atoms with Crippen molar-refractivity contribution < 1.29 is 18.3 Å². The molecule has 0 radical (unpaired) electrons. The number of fused-ring (bicyclic) bond motifs is 1. The minimum atomic E-state index is -1.22. The molecule has 178 valence electrons. The third kappa shape index (κ3) is 4.49. The van der Waals surface area contributed by atoms with Crippen LogP contribution in [-0.2, 0) is 9.53 Å². The van der Waals surface area contributed by atoms with E-state index in [2.05, 4.69) is 31.9 Å². The number of aromatic nitrogens is 1. The quantitative estimate of drug-likeness (QED) is 0.448. The van der Waals surface area contributed by atoms with Gasteiger partial charge in [0.25, 0.3) is 5.56 Å². The number of thiazole rings is 1. The summed E-state index contributed by atoms with van der Waals surface area (Å²) in [5.74, 6) is -3.61. The second-order valence-corrected chi connectivity index (χ2v) is 10.2. The van der Waals surface area contributed by atoms with E-state index in [0.29, 0.717) is 8.95 Å². The van der Waals surface area contributed by atoms with Crippen LogP contribution in [0.3, 0.4) is 0 Å². The Hall–Kier alpha value is -3.07. The second kappa shape index (κ2) is 9.89. The van der Waals surface area contributed by atoms with E-state index in [-0.39, 0.29) is 43.9 Å². The highest BCUT2D eigenvalue weighted by atomic mass is 79.9. The molecule has 1 aromatic heterocycles. The summed E-state index contributed by atoms with van der Waals surface area (Å²) in [7, 11) is 0. The number of carbonyl (C=O) groups excluding carboxylic acids is 1. The molecule has 0 amide bonds. The average molecular weight is 623 g/mol. The second-order valence-electron chi connectivity index (χ2n) is 7.37. The fourth-order valence-corrected chi connectivity index (χ4v) is 5.65. The maximum atomic E-state index is 15.0. The Labute approximate surface area is 218 Å². The summed E-state index contributed by atoms with van der Waals surface area (Å²) >= 11 is 7.45. The Kier molecular flexibility index (Phi) is 7.07. The van der Waals surface area contributed by atoms with Gasteiger partial charge in [-0.25, -0.2) is 13.6 Å². The van der Waals surface area contributed by atoms with Crippen LogP contribution in [0.2, 0.25) is 0 Å². The minimum absolute atomic E-state index is 0.00221. The molecule has 2 aromatic carbocycles. The van der Waals surface area contributed by atoms with Crippen LogP contribution in [0, 0.1) is 23.0 Å².